The summed E-state index contributed by atoms with van der Waals surface area (Å²) in [5, 5.41) is 2.78. The predicted octanol–water partition coefficient (Wildman–Crippen LogP) is 1.13. The lowest BCUT2D eigenvalue weighted by molar-refractivity contribution is -0.121. The summed E-state index contributed by atoms with van der Waals surface area (Å²) < 4.78 is 0. The summed E-state index contributed by atoms with van der Waals surface area (Å²) in [6.07, 6.45) is 1.05. The summed E-state index contributed by atoms with van der Waals surface area (Å²) in [5.41, 5.74) is 8.06. The smallest absolute Gasteiger partial charge is 0.229 e. The Labute approximate surface area is 112 Å². The van der Waals surface area contributed by atoms with Gasteiger partial charge in [-0.2, -0.15) is 0 Å². The van der Waals surface area contributed by atoms with Crippen LogP contribution in [0, 0.1) is 5.92 Å². The van der Waals surface area contributed by atoms with Crippen molar-refractivity contribution in [1.29, 1.82) is 0 Å². The highest BCUT2D eigenvalue weighted by Gasteiger charge is 2.21. The molecule has 0 aromatic heterocycles. The molecule has 0 saturated carbocycles. The number of anilines is 2. The number of nitrogens with zero attached hydrogens (tertiary/aromatic N) is 1. The van der Waals surface area contributed by atoms with Crippen molar-refractivity contribution in [1.82, 2.24) is 0 Å². The summed E-state index contributed by atoms with van der Waals surface area (Å²) in [6, 6.07) is 5.57. The highest BCUT2D eigenvalue weighted by Crippen LogP contribution is 2.28. The SMILES string of the molecule is CC(CCN)C(=O)N(C)c1ccc2c(c1)CC(=O)N2. The highest BCUT2D eigenvalue weighted by atomic mass is 16.2. The van der Waals surface area contributed by atoms with Gasteiger partial charge in [-0.1, -0.05) is 6.92 Å². The van der Waals surface area contributed by atoms with E-state index in [-0.39, 0.29) is 17.7 Å². The van der Waals surface area contributed by atoms with Crippen molar-refractivity contribution in [3.63, 3.8) is 0 Å². The predicted molar refractivity (Wildman–Crippen MR) is 75.0 cm³/mol. The molecule has 2 rings (SSSR count). The zero-order valence-corrected chi connectivity index (χ0v) is 11.3. The second-order valence-electron chi connectivity index (χ2n) is 4.94. The molecule has 0 bridgehead atoms. The number of carbonyl (C=O) groups excluding carboxylic acids is 2. The third kappa shape index (κ3) is 2.76. The van der Waals surface area contributed by atoms with Crippen LogP contribution in [0.25, 0.3) is 0 Å². The van der Waals surface area contributed by atoms with Crippen LogP contribution < -0.4 is 16.0 Å². The van der Waals surface area contributed by atoms with E-state index in [1.54, 1.807) is 11.9 Å². The second-order valence-corrected chi connectivity index (χ2v) is 4.94. The Hall–Kier alpha value is -1.88. The normalized spacial score (nSPS) is 14.8. The lowest BCUT2D eigenvalue weighted by Crippen LogP contribution is -2.32. The molecule has 102 valence electrons. The average molecular weight is 261 g/mol. The summed E-state index contributed by atoms with van der Waals surface area (Å²) in [4.78, 5) is 25.1. The first-order chi connectivity index (χ1) is 9.02. The Morgan fingerprint density at radius 2 is 2.26 bits per heavy atom. The van der Waals surface area contributed by atoms with Crippen LogP contribution in [0.4, 0.5) is 11.4 Å². The van der Waals surface area contributed by atoms with Crippen LogP contribution in [0.3, 0.4) is 0 Å². The maximum atomic E-state index is 12.2. The van der Waals surface area contributed by atoms with Gasteiger partial charge in [0.1, 0.15) is 0 Å². The van der Waals surface area contributed by atoms with Gasteiger partial charge in [-0.25, -0.2) is 0 Å². The number of benzene rings is 1. The molecule has 5 nitrogen and oxygen atoms in total. The van der Waals surface area contributed by atoms with E-state index < -0.39 is 0 Å². The molecule has 1 aliphatic rings. The van der Waals surface area contributed by atoms with E-state index in [2.05, 4.69) is 5.32 Å². The first kappa shape index (κ1) is 13.5. The molecule has 5 heteroatoms. The molecule has 0 saturated heterocycles. The van der Waals surface area contributed by atoms with E-state index in [4.69, 9.17) is 5.73 Å². The van der Waals surface area contributed by atoms with Crippen molar-refractivity contribution in [2.24, 2.45) is 11.7 Å². The number of hydrogen-bond acceptors (Lipinski definition) is 3. The summed E-state index contributed by atoms with van der Waals surface area (Å²) >= 11 is 0. The van der Waals surface area contributed by atoms with Gasteiger partial charge in [0.15, 0.2) is 0 Å². The third-order valence-electron chi connectivity index (χ3n) is 3.45. The van der Waals surface area contributed by atoms with E-state index in [0.717, 1.165) is 16.9 Å². The average Bonchev–Trinajstić information content (AvgIpc) is 2.76. The molecule has 0 spiro atoms. The Balaban J connectivity index is 2.16. The summed E-state index contributed by atoms with van der Waals surface area (Å²) in [5.74, 6) is -0.0525. The van der Waals surface area contributed by atoms with Crippen LogP contribution in [0.5, 0.6) is 0 Å². The van der Waals surface area contributed by atoms with E-state index in [9.17, 15) is 9.59 Å². The topological polar surface area (TPSA) is 75.4 Å². The minimum atomic E-state index is -0.0944. The lowest BCUT2D eigenvalue weighted by atomic mass is 10.1. The molecule has 1 unspecified atom stereocenters. The highest BCUT2D eigenvalue weighted by molar-refractivity contribution is 6.00. The fourth-order valence-electron chi connectivity index (χ4n) is 2.26. The molecule has 2 amide bonds. The molecular formula is C14H19N3O2. The minimum absolute atomic E-state index is 0.00220. The quantitative estimate of drug-likeness (QED) is 0.853. The number of hydrogen-bond donors (Lipinski definition) is 2. The zero-order valence-electron chi connectivity index (χ0n) is 11.3. The maximum Gasteiger partial charge on any atom is 0.229 e. The van der Waals surface area contributed by atoms with Gasteiger partial charge in [0.2, 0.25) is 11.8 Å². The monoisotopic (exact) mass is 261 g/mol. The summed E-state index contributed by atoms with van der Waals surface area (Å²) in [6.45, 7) is 2.38. The van der Waals surface area contributed by atoms with Crippen molar-refractivity contribution in [2.45, 2.75) is 19.8 Å². The molecule has 1 aromatic rings. The van der Waals surface area contributed by atoms with Gasteiger partial charge in [0.05, 0.1) is 6.42 Å². The lowest BCUT2D eigenvalue weighted by Gasteiger charge is -2.21. The van der Waals surface area contributed by atoms with Crippen LogP contribution in [-0.2, 0) is 16.0 Å². The number of rotatable bonds is 4. The first-order valence-corrected chi connectivity index (χ1v) is 6.43. The van der Waals surface area contributed by atoms with Gasteiger partial charge in [0.25, 0.3) is 0 Å². The molecule has 0 fully saturated rings. The van der Waals surface area contributed by atoms with Gasteiger partial charge in [-0.05, 0) is 36.7 Å². The molecule has 19 heavy (non-hydrogen) atoms. The number of amides is 2. The fourth-order valence-corrected chi connectivity index (χ4v) is 2.26. The Morgan fingerprint density at radius 3 is 2.95 bits per heavy atom. The molecule has 1 atom stereocenters. The molecule has 0 radical (unpaired) electrons. The van der Waals surface area contributed by atoms with Crippen LogP contribution in [0.1, 0.15) is 18.9 Å². The van der Waals surface area contributed by atoms with Gasteiger partial charge in [-0.15, -0.1) is 0 Å². The van der Waals surface area contributed by atoms with Crippen LogP contribution in [0.15, 0.2) is 18.2 Å². The first-order valence-electron chi connectivity index (χ1n) is 6.43. The Kier molecular flexibility index (Phi) is 3.85. The van der Waals surface area contributed by atoms with Crippen LogP contribution in [0.2, 0.25) is 0 Å². The molecule has 0 aliphatic carbocycles. The van der Waals surface area contributed by atoms with Gasteiger partial charge < -0.3 is 16.0 Å². The molecule has 1 heterocycles. The standard InChI is InChI=1S/C14H19N3O2/c1-9(5-6-15)14(19)17(2)11-3-4-12-10(7-11)8-13(18)16-12/h3-4,7,9H,5-6,8,15H2,1-2H3,(H,16,18). The third-order valence-corrected chi connectivity index (χ3v) is 3.45. The van der Waals surface area contributed by atoms with Crippen molar-refractivity contribution in [2.75, 3.05) is 23.8 Å². The number of fused-ring (bicyclic) bond motifs is 1. The molecule has 1 aromatic carbocycles. The van der Waals surface area contributed by atoms with Crippen molar-refractivity contribution >= 4 is 23.2 Å². The van der Waals surface area contributed by atoms with E-state index >= 15 is 0 Å². The van der Waals surface area contributed by atoms with E-state index in [1.807, 2.05) is 25.1 Å². The number of carbonyl (C=O) groups is 2. The Bertz CT molecular complexity index is 513. The second kappa shape index (κ2) is 5.40. The van der Waals surface area contributed by atoms with Crippen LogP contribution >= 0.6 is 0 Å². The van der Waals surface area contributed by atoms with Gasteiger partial charge in [-0.3, -0.25) is 9.59 Å². The van der Waals surface area contributed by atoms with Crippen molar-refractivity contribution in [3.05, 3.63) is 23.8 Å². The number of nitrogens with one attached hydrogen (secondary N) is 1. The maximum absolute atomic E-state index is 12.2. The van der Waals surface area contributed by atoms with Crippen molar-refractivity contribution in [3.8, 4) is 0 Å². The molecular weight excluding hydrogens is 242 g/mol. The van der Waals surface area contributed by atoms with E-state index in [0.29, 0.717) is 19.4 Å². The van der Waals surface area contributed by atoms with E-state index in [1.165, 1.54) is 0 Å². The molecule has 3 N–H and O–H groups in total. The molecule has 1 aliphatic heterocycles. The Morgan fingerprint density at radius 1 is 1.53 bits per heavy atom. The zero-order chi connectivity index (χ0) is 14.0. The minimum Gasteiger partial charge on any atom is -0.330 e. The fraction of sp³-hybridized carbons (Fsp3) is 0.429. The largest absolute Gasteiger partial charge is 0.330 e. The van der Waals surface area contributed by atoms with Gasteiger partial charge in [0, 0.05) is 24.3 Å². The number of nitrogens with two attached hydrogens (primary N) is 1. The summed E-state index contributed by atoms with van der Waals surface area (Å²) in [7, 11) is 1.75. The van der Waals surface area contributed by atoms with Crippen LogP contribution in [-0.4, -0.2) is 25.4 Å². The van der Waals surface area contributed by atoms with Crippen molar-refractivity contribution < 1.29 is 9.59 Å². The van der Waals surface area contributed by atoms with Gasteiger partial charge >= 0.3 is 0 Å².